The van der Waals surface area contributed by atoms with E-state index in [9.17, 15) is 0 Å². The van der Waals surface area contributed by atoms with Gasteiger partial charge >= 0.3 is 0 Å². The summed E-state index contributed by atoms with van der Waals surface area (Å²) in [5, 5.41) is 0. The van der Waals surface area contributed by atoms with Gasteiger partial charge in [-0.05, 0) is 59.5 Å². The van der Waals surface area contributed by atoms with Gasteiger partial charge in [0.2, 0.25) is 0 Å². The van der Waals surface area contributed by atoms with E-state index in [2.05, 4.69) is 55.5 Å². The minimum atomic E-state index is -0.854. The molecule has 0 aromatic heterocycles. The van der Waals surface area contributed by atoms with Crippen LogP contribution >= 0.6 is 11.1 Å². The molecule has 1 saturated heterocycles. The smallest absolute Gasteiger partial charge is 0.141 e. The summed E-state index contributed by atoms with van der Waals surface area (Å²) in [6, 6.07) is 20.9. The molecule has 1 aliphatic rings. The van der Waals surface area contributed by atoms with Gasteiger partial charge in [0.05, 0.1) is 0 Å². The van der Waals surface area contributed by atoms with Gasteiger partial charge in [0.15, 0.2) is 0 Å². The fourth-order valence-corrected chi connectivity index (χ4v) is 6.06. The molecule has 0 unspecified atom stereocenters. The van der Waals surface area contributed by atoms with Crippen molar-refractivity contribution >= 4 is 19.2 Å². The predicted molar refractivity (Wildman–Crippen MR) is 100 cm³/mol. The summed E-state index contributed by atoms with van der Waals surface area (Å²) in [4.78, 5) is 0. The molecule has 1 aliphatic heterocycles. The van der Waals surface area contributed by atoms with E-state index < -0.39 is 8.11 Å². The Balaban J connectivity index is 1.70. The third-order valence-corrected chi connectivity index (χ3v) is 8.09. The van der Waals surface area contributed by atoms with Gasteiger partial charge in [-0.15, -0.1) is 0 Å². The number of hydrogen-bond acceptors (Lipinski definition) is 0. The molecule has 116 valence electrons. The van der Waals surface area contributed by atoms with Crippen molar-refractivity contribution in [2.75, 3.05) is 0 Å². The summed E-state index contributed by atoms with van der Waals surface area (Å²) in [7, 11) is -0.854. The maximum Gasteiger partial charge on any atom is 0.141 e. The highest BCUT2D eigenvalue weighted by Crippen LogP contribution is 2.35. The van der Waals surface area contributed by atoms with Crippen LogP contribution in [-0.2, 0) is 6.42 Å². The Labute approximate surface area is 140 Å². The van der Waals surface area contributed by atoms with Crippen molar-refractivity contribution < 1.29 is 0 Å². The third kappa shape index (κ3) is 3.82. The molecular formula is C20H25ClSi. The van der Waals surface area contributed by atoms with Gasteiger partial charge in [-0.25, -0.2) is 0 Å². The lowest BCUT2D eigenvalue weighted by Gasteiger charge is -2.24. The zero-order valence-electron chi connectivity index (χ0n) is 13.4. The van der Waals surface area contributed by atoms with Crippen LogP contribution in [0.4, 0.5) is 0 Å². The second-order valence-corrected chi connectivity index (χ2v) is 10.7. The van der Waals surface area contributed by atoms with Crippen molar-refractivity contribution in [1.82, 2.24) is 0 Å². The first kappa shape index (κ1) is 15.8. The third-order valence-electron chi connectivity index (χ3n) is 4.86. The molecule has 0 aliphatic carbocycles. The number of halogens is 1. The zero-order valence-corrected chi connectivity index (χ0v) is 15.3. The zero-order chi connectivity index (χ0) is 15.4. The van der Waals surface area contributed by atoms with Gasteiger partial charge in [0.25, 0.3) is 0 Å². The monoisotopic (exact) mass is 328 g/mol. The molecule has 0 amide bonds. The molecule has 1 fully saturated rings. The molecule has 0 bridgehead atoms. The average Bonchev–Trinajstić information content (AvgIpc) is 2.57. The molecule has 0 saturated carbocycles. The molecule has 2 aromatic carbocycles. The first-order valence-electron chi connectivity index (χ1n) is 8.59. The number of hydrogen-bond donors (Lipinski definition) is 0. The fraction of sp³-hybridized carbons (Fsp3) is 0.400. The molecule has 0 atom stereocenters. The van der Waals surface area contributed by atoms with Crippen LogP contribution in [0.25, 0.3) is 11.1 Å². The molecule has 3 rings (SSSR count). The predicted octanol–water partition coefficient (Wildman–Crippen LogP) is 6.15. The van der Waals surface area contributed by atoms with Crippen LogP contribution in [0.15, 0.2) is 48.5 Å². The van der Waals surface area contributed by atoms with Gasteiger partial charge in [0.1, 0.15) is 8.11 Å². The standard InChI is InChI=1S/C20H25ClSi/c1-2-3-16-4-6-17(7-5-16)18-8-10-19(11-9-18)20-12-14-22(21)15-13-20/h4-11,20,22H,2-3,12-15H2,1H3. The average molecular weight is 329 g/mol. The van der Waals surface area contributed by atoms with Crippen molar-refractivity contribution in [2.24, 2.45) is 0 Å². The maximum atomic E-state index is 6.35. The summed E-state index contributed by atoms with van der Waals surface area (Å²) in [5.74, 6) is 0.739. The van der Waals surface area contributed by atoms with E-state index in [0.717, 1.165) is 5.92 Å². The number of aryl methyl sites for hydroxylation is 1. The molecular weight excluding hydrogens is 304 g/mol. The van der Waals surface area contributed by atoms with E-state index >= 15 is 0 Å². The Morgan fingerprint density at radius 3 is 2.00 bits per heavy atom. The van der Waals surface area contributed by atoms with E-state index in [1.807, 2.05) is 0 Å². The highest BCUT2D eigenvalue weighted by atomic mass is 35.6. The largest absolute Gasteiger partial charge is 0.172 e. The Morgan fingerprint density at radius 1 is 0.909 bits per heavy atom. The highest BCUT2D eigenvalue weighted by Gasteiger charge is 2.21. The van der Waals surface area contributed by atoms with Gasteiger partial charge < -0.3 is 0 Å². The molecule has 0 spiro atoms. The minimum absolute atomic E-state index is 0.739. The molecule has 22 heavy (non-hydrogen) atoms. The lowest BCUT2D eigenvalue weighted by Crippen LogP contribution is -2.14. The fourth-order valence-electron chi connectivity index (χ4n) is 3.49. The van der Waals surface area contributed by atoms with Crippen LogP contribution in [0.2, 0.25) is 12.1 Å². The normalized spacial score (nSPS) is 21.7. The van der Waals surface area contributed by atoms with Crippen LogP contribution in [0.3, 0.4) is 0 Å². The highest BCUT2D eigenvalue weighted by molar-refractivity contribution is 7.07. The van der Waals surface area contributed by atoms with Crippen molar-refractivity contribution in [3.63, 3.8) is 0 Å². The molecule has 0 N–H and O–H groups in total. The van der Waals surface area contributed by atoms with Crippen molar-refractivity contribution in [1.29, 1.82) is 0 Å². The lowest BCUT2D eigenvalue weighted by atomic mass is 9.92. The Morgan fingerprint density at radius 2 is 1.45 bits per heavy atom. The number of benzene rings is 2. The van der Waals surface area contributed by atoms with Crippen molar-refractivity contribution in [3.05, 3.63) is 59.7 Å². The summed E-state index contributed by atoms with van der Waals surface area (Å²) >= 11 is 6.35. The first-order chi connectivity index (χ1) is 10.8. The molecule has 2 aromatic rings. The van der Waals surface area contributed by atoms with Crippen molar-refractivity contribution in [3.8, 4) is 11.1 Å². The topological polar surface area (TPSA) is 0 Å². The van der Waals surface area contributed by atoms with E-state index in [1.54, 1.807) is 0 Å². The molecule has 0 nitrogen and oxygen atoms in total. The van der Waals surface area contributed by atoms with Crippen LogP contribution in [0, 0.1) is 0 Å². The summed E-state index contributed by atoms with van der Waals surface area (Å²) in [5.41, 5.74) is 5.59. The lowest BCUT2D eigenvalue weighted by molar-refractivity contribution is 0.613. The van der Waals surface area contributed by atoms with Crippen LogP contribution < -0.4 is 0 Å². The van der Waals surface area contributed by atoms with Gasteiger partial charge in [-0.1, -0.05) is 61.9 Å². The summed E-state index contributed by atoms with van der Waals surface area (Å²) < 4.78 is 0. The van der Waals surface area contributed by atoms with Gasteiger partial charge in [-0.3, -0.25) is 0 Å². The van der Waals surface area contributed by atoms with Crippen molar-refractivity contribution in [2.45, 2.75) is 50.6 Å². The van der Waals surface area contributed by atoms with Crippen LogP contribution in [0.5, 0.6) is 0 Å². The van der Waals surface area contributed by atoms with Gasteiger partial charge in [0, 0.05) is 0 Å². The first-order valence-corrected chi connectivity index (χ1v) is 12.0. The second-order valence-electron chi connectivity index (χ2n) is 6.52. The Hall–Kier alpha value is -1.05. The Kier molecular flexibility index (Phi) is 5.38. The minimum Gasteiger partial charge on any atom is -0.172 e. The SMILES string of the molecule is CCCc1ccc(-c2ccc(C3CC[SiH](Cl)CC3)cc2)cc1. The maximum absolute atomic E-state index is 6.35. The van der Waals surface area contributed by atoms with Crippen LogP contribution in [0.1, 0.15) is 43.2 Å². The summed E-state index contributed by atoms with van der Waals surface area (Å²) in [6.07, 6.45) is 4.98. The van der Waals surface area contributed by atoms with E-state index in [4.69, 9.17) is 11.1 Å². The number of rotatable bonds is 4. The Bertz CT molecular complexity index is 580. The van der Waals surface area contributed by atoms with Crippen LogP contribution in [-0.4, -0.2) is 8.11 Å². The van der Waals surface area contributed by atoms with E-state index in [-0.39, 0.29) is 0 Å². The molecule has 0 radical (unpaired) electrons. The van der Waals surface area contributed by atoms with E-state index in [0.29, 0.717) is 0 Å². The van der Waals surface area contributed by atoms with Gasteiger partial charge in [-0.2, -0.15) is 11.1 Å². The second kappa shape index (κ2) is 7.48. The molecule has 1 heterocycles. The summed E-state index contributed by atoms with van der Waals surface area (Å²) in [6.45, 7) is 2.23. The molecule has 2 heteroatoms. The quantitative estimate of drug-likeness (QED) is 0.466. The van der Waals surface area contributed by atoms with E-state index in [1.165, 1.54) is 60.0 Å².